The molecule has 1 amide bonds. The van der Waals surface area contributed by atoms with E-state index in [0.29, 0.717) is 13.1 Å². The Balaban J connectivity index is 2.40. The topological polar surface area (TPSA) is 46.6 Å². The molecule has 94 valence electrons. The smallest absolute Gasteiger partial charge is 0.410 e. The average Bonchev–Trinajstić information content (AvgIpc) is 2.10. The highest BCUT2D eigenvalue weighted by atomic mass is 16.6. The highest BCUT2D eigenvalue weighted by molar-refractivity contribution is 5.96. The predicted molar refractivity (Wildman–Crippen MR) is 64.3 cm³/mol. The molecule has 0 N–H and O–H groups in total. The largest absolute Gasteiger partial charge is 0.444 e. The van der Waals surface area contributed by atoms with Crippen LogP contribution in [0.4, 0.5) is 4.79 Å². The number of carbonyl (C=O) groups excluding carboxylic acids is 2. The molecular weight excluding hydrogens is 218 g/mol. The third kappa shape index (κ3) is 3.48. The Labute approximate surface area is 102 Å². The first-order valence-electron chi connectivity index (χ1n) is 5.73. The maximum Gasteiger partial charge on any atom is 0.410 e. The molecule has 0 aromatic rings. The van der Waals surface area contributed by atoms with Crippen molar-refractivity contribution in [3.8, 4) is 12.3 Å². The van der Waals surface area contributed by atoms with E-state index in [0.717, 1.165) is 0 Å². The summed E-state index contributed by atoms with van der Waals surface area (Å²) in [6.45, 7) is 8.37. The van der Waals surface area contributed by atoms with Crippen LogP contribution in [0.2, 0.25) is 0 Å². The predicted octanol–water partition coefficient (Wildman–Crippen LogP) is 1.69. The maximum atomic E-state index is 11.6. The van der Waals surface area contributed by atoms with Gasteiger partial charge in [0.15, 0.2) is 0 Å². The van der Waals surface area contributed by atoms with Gasteiger partial charge in [-0.05, 0) is 26.7 Å². The third-order valence-corrected chi connectivity index (χ3v) is 2.82. The fraction of sp³-hybridized carbons (Fsp3) is 0.692. The molecule has 0 aliphatic carbocycles. The summed E-state index contributed by atoms with van der Waals surface area (Å²) in [5.41, 5.74) is -0.484. The molecule has 0 aromatic heterocycles. The van der Waals surface area contributed by atoms with Gasteiger partial charge in [0.2, 0.25) is 5.78 Å². The van der Waals surface area contributed by atoms with Crippen LogP contribution in [0.25, 0.3) is 0 Å². The van der Waals surface area contributed by atoms with Crippen molar-refractivity contribution >= 4 is 11.9 Å². The van der Waals surface area contributed by atoms with E-state index >= 15 is 0 Å². The Morgan fingerprint density at radius 2 is 1.94 bits per heavy atom. The monoisotopic (exact) mass is 237 g/mol. The minimum absolute atomic E-state index is 0.158. The molecular formula is C13H19NO3. The molecule has 0 radical (unpaired) electrons. The average molecular weight is 237 g/mol. The van der Waals surface area contributed by atoms with Crippen molar-refractivity contribution in [1.82, 2.24) is 4.90 Å². The zero-order chi connectivity index (χ0) is 13.2. The summed E-state index contributed by atoms with van der Waals surface area (Å²) in [7, 11) is 0. The van der Waals surface area contributed by atoms with Gasteiger partial charge in [0, 0.05) is 24.9 Å². The molecule has 1 rings (SSSR count). The molecule has 4 heteroatoms. The number of nitrogens with zero attached hydrogens (tertiary/aromatic N) is 1. The number of hydrogen-bond donors (Lipinski definition) is 0. The van der Waals surface area contributed by atoms with Crippen molar-refractivity contribution < 1.29 is 14.3 Å². The Morgan fingerprint density at radius 1 is 1.41 bits per heavy atom. The van der Waals surface area contributed by atoms with Gasteiger partial charge in [-0.25, -0.2) is 4.79 Å². The first-order valence-corrected chi connectivity index (χ1v) is 5.73. The van der Waals surface area contributed by atoms with Crippen LogP contribution < -0.4 is 0 Å². The SMILES string of the molecule is C#CC(=O)C(C)C1CN(C(=O)OC(C)(C)C)C1. The number of ether oxygens (including phenoxy) is 1. The summed E-state index contributed by atoms with van der Waals surface area (Å²) >= 11 is 0. The first-order chi connectivity index (χ1) is 7.74. The summed E-state index contributed by atoms with van der Waals surface area (Å²) in [5.74, 6) is 1.90. The Morgan fingerprint density at radius 3 is 2.35 bits per heavy atom. The molecule has 4 nitrogen and oxygen atoms in total. The quantitative estimate of drug-likeness (QED) is 0.542. The van der Waals surface area contributed by atoms with Gasteiger partial charge in [0.05, 0.1) is 0 Å². The van der Waals surface area contributed by atoms with E-state index in [-0.39, 0.29) is 23.7 Å². The van der Waals surface area contributed by atoms with Gasteiger partial charge in [-0.15, -0.1) is 6.42 Å². The molecule has 1 fully saturated rings. The lowest BCUT2D eigenvalue weighted by Crippen LogP contribution is -2.54. The summed E-state index contributed by atoms with van der Waals surface area (Å²) in [5, 5.41) is 0. The zero-order valence-corrected chi connectivity index (χ0v) is 10.8. The van der Waals surface area contributed by atoms with Crippen LogP contribution in [0.1, 0.15) is 27.7 Å². The number of rotatable bonds is 2. The highest BCUT2D eigenvalue weighted by Crippen LogP contribution is 2.26. The minimum atomic E-state index is -0.484. The fourth-order valence-corrected chi connectivity index (χ4v) is 1.65. The van der Waals surface area contributed by atoms with Crippen molar-refractivity contribution in [3.63, 3.8) is 0 Å². The molecule has 0 spiro atoms. The maximum absolute atomic E-state index is 11.6. The van der Waals surface area contributed by atoms with E-state index < -0.39 is 5.60 Å². The van der Waals surface area contributed by atoms with Crippen LogP contribution in [-0.2, 0) is 9.53 Å². The van der Waals surface area contributed by atoms with Gasteiger partial charge in [-0.2, -0.15) is 0 Å². The number of ketones is 1. The Kier molecular flexibility index (Phi) is 3.82. The number of terminal acetylenes is 1. The van der Waals surface area contributed by atoms with Crippen molar-refractivity contribution in [3.05, 3.63) is 0 Å². The van der Waals surface area contributed by atoms with Gasteiger partial charge >= 0.3 is 6.09 Å². The van der Waals surface area contributed by atoms with Crippen molar-refractivity contribution in [2.75, 3.05) is 13.1 Å². The van der Waals surface area contributed by atoms with Crippen molar-refractivity contribution in [1.29, 1.82) is 0 Å². The number of hydrogen-bond acceptors (Lipinski definition) is 3. The van der Waals surface area contributed by atoms with E-state index in [1.54, 1.807) is 11.8 Å². The number of likely N-dealkylation sites (tertiary alicyclic amines) is 1. The van der Waals surface area contributed by atoms with Crippen LogP contribution in [0.15, 0.2) is 0 Å². The van der Waals surface area contributed by atoms with Crippen LogP contribution in [-0.4, -0.2) is 35.5 Å². The van der Waals surface area contributed by atoms with Crippen LogP contribution in [0.3, 0.4) is 0 Å². The number of carbonyl (C=O) groups is 2. The summed E-state index contributed by atoms with van der Waals surface area (Å²) < 4.78 is 5.22. The fourth-order valence-electron chi connectivity index (χ4n) is 1.65. The minimum Gasteiger partial charge on any atom is -0.444 e. The lowest BCUT2D eigenvalue weighted by molar-refractivity contribution is -0.120. The second-order valence-electron chi connectivity index (χ2n) is 5.44. The molecule has 1 unspecified atom stereocenters. The van der Waals surface area contributed by atoms with E-state index in [2.05, 4.69) is 5.92 Å². The standard InChI is InChI=1S/C13H19NO3/c1-6-11(15)9(2)10-7-14(8-10)12(16)17-13(3,4)5/h1,9-10H,7-8H2,2-5H3. The van der Waals surface area contributed by atoms with Crippen LogP contribution >= 0.6 is 0 Å². The molecule has 0 aromatic carbocycles. The highest BCUT2D eigenvalue weighted by Gasteiger charge is 2.38. The van der Waals surface area contributed by atoms with Crippen LogP contribution in [0, 0.1) is 24.2 Å². The first kappa shape index (κ1) is 13.6. The molecule has 1 atom stereocenters. The molecule has 0 saturated carbocycles. The molecule has 1 heterocycles. The lowest BCUT2D eigenvalue weighted by atomic mass is 9.85. The van der Waals surface area contributed by atoms with Gasteiger partial charge in [0.1, 0.15) is 5.60 Å². The summed E-state index contributed by atoms with van der Waals surface area (Å²) in [6, 6.07) is 0. The molecule has 1 aliphatic rings. The second-order valence-corrected chi connectivity index (χ2v) is 5.44. The van der Waals surface area contributed by atoms with Gasteiger partial charge in [-0.1, -0.05) is 6.92 Å². The van der Waals surface area contributed by atoms with Crippen molar-refractivity contribution in [2.45, 2.75) is 33.3 Å². The summed E-state index contributed by atoms with van der Waals surface area (Å²) in [6.07, 6.45) is 4.74. The zero-order valence-electron chi connectivity index (χ0n) is 10.8. The molecule has 0 bridgehead atoms. The lowest BCUT2D eigenvalue weighted by Gasteiger charge is -2.41. The summed E-state index contributed by atoms with van der Waals surface area (Å²) in [4.78, 5) is 24.5. The molecule has 1 aliphatic heterocycles. The number of amides is 1. The normalized spacial score (nSPS) is 17.9. The van der Waals surface area contributed by atoms with E-state index in [4.69, 9.17) is 11.2 Å². The van der Waals surface area contributed by atoms with E-state index in [1.807, 2.05) is 20.8 Å². The third-order valence-electron chi connectivity index (χ3n) is 2.82. The molecule has 17 heavy (non-hydrogen) atoms. The van der Waals surface area contributed by atoms with Gasteiger partial charge in [0.25, 0.3) is 0 Å². The van der Waals surface area contributed by atoms with Crippen molar-refractivity contribution in [2.24, 2.45) is 11.8 Å². The van der Waals surface area contributed by atoms with Crippen LogP contribution in [0.5, 0.6) is 0 Å². The van der Waals surface area contributed by atoms with Gasteiger partial charge < -0.3 is 9.64 Å². The van der Waals surface area contributed by atoms with Gasteiger partial charge in [-0.3, -0.25) is 4.79 Å². The molecule has 1 saturated heterocycles. The van der Waals surface area contributed by atoms with E-state index in [1.165, 1.54) is 0 Å². The second kappa shape index (κ2) is 4.79. The Hall–Kier alpha value is -1.50. The number of Topliss-reactive ketones (excluding diaryl/α,β-unsaturated/α-hetero) is 1. The van der Waals surface area contributed by atoms with E-state index in [9.17, 15) is 9.59 Å². The Bertz CT molecular complexity index is 356.